The molecule has 122 valence electrons. The minimum atomic E-state index is -4.20. The van der Waals surface area contributed by atoms with Crippen LogP contribution in [-0.2, 0) is 15.8 Å². The molecule has 0 aliphatic carbocycles. The number of nitrogens with zero attached hydrogens (tertiary/aromatic N) is 1. The van der Waals surface area contributed by atoms with Gasteiger partial charge in [0.25, 0.3) is 5.69 Å². The topological polar surface area (TPSA) is 89.3 Å². The van der Waals surface area contributed by atoms with Gasteiger partial charge in [0.15, 0.2) is 17.5 Å². The van der Waals surface area contributed by atoms with Crippen LogP contribution in [0.25, 0.3) is 0 Å². The Balaban J connectivity index is 2.29. The van der Waals surface area contributed by atoms with E-state index in [0.29, 0.717) is 12.1 Å². The normalized spacial score (nSPS) is 11.3. The van der Waals surface area contributed by atoms with Crippen LogP contribution in [0.3, 0.4) is 0 Å². The highest BCUT2D eigenvalue weighted by Gasteiger charge is 2.21. The molecular formula is C13H9F3N2O4S. The number of hydrogen-bond acceptors (Lipinski definition) is 4. The second kappa shape index (κ2) is 6.24. The number of anilines is 1. The molecular weight excluding hydrogens is 337 g/mol. The van der Waals surface area contributed by atoms with E-state index >= 15 is 0 Å². The van der Waals surface area contributed by atoms with Gasteiger partial charge < -0.3 is 0 Å². The quantitative estimate of drug-likeness (QED) is 0.512. The Hall–Kier alpha value is -2.62. The van der Waals surface area contributed by atoms with Gasteiger partial charge in [-0.05, 0) is 0 Å². The second-order valence-electron chi connectivity index (χ2n) is 4.50. The molecule has 6 nitrogen and oxygen atoms in total. The fourth-order valence-corrected chi connectivity index (χ4v) is 3.05. The lowest BCUT2D eigenvalue weighted by Gasteiger charge is -2.09. The predicted molar refractivity (Wildman–Crippen MR) is 75.7 cm³/mol. The van der Waals surface area contributed by atoms with Crippen LogP contribution < -0.4 is 4.72 Å². The van der Waals surface area contributed by atoms with Crippen molar-refractivity contribution in [2.24, 2.45) is 0 Å². The highest BCUT2D eigenvalue weighted by atomic mass is 32.2. The third-order valence-corrected chi connectivity index (χ3v) is 4.03. The first-order valence-electron chi connectivity index (χ1n) is 6.07. The number of halogens is 3. The highest BCUT2D eigenvalue weighted by Crippen LogP contribution is 2.23. The van der Waals surface area contributed by atoms with Crippen molar-refractivity contribution in [2.75, 3.05) is 4.72 Å². The number of benzene rings is 2. The molecule has 0 aliphatic heterocycles. The molecule has 0 atom stereocenters. The molecule has 0 aromatic heterocycles. The Morgan fingerprint density at radius 3 is 2.22 bits per heavy atom. The molecule has 0 spiro atoms. The average molecular weight is 346 g/mol. The molecule has 0 bridgehead atoms. The summed E-state index contributed by atoms with van der Waals surface area (Å²) >= 11 is 0. The number of sulfonamides is 1. The summed E-state index contributed by atoms with van der Waals surface area (Å²) < 4.78 is 64.8. The van der Waals surface area contributed by atoms with E-state index in [2.05, 4.69) is 0 Å². The van der Waals surface area contributed by atoms with Gasteiger partial charge >= 0.3 is 0 Å². The van der Waals surface area contributed by atoms with Crippen molar-refractivity contribution in [2.45, 2.75) is 5.75 Å². The van der Waals surface area contributed by atoms with E-state index in [1.165, 1.54) is 18.2 Å². The zero-order chi connectivity index (χ0) is 17.2. The van der Waals surface area contributed by atoms with Crippen molar-refractivity contribution in [1.82, 2.24) is 0 Å². The van der Waals surface area contributed by atoms with Crippen molar-refractivity contribution < 1.29 is 26.5 Å². The molecule has 2 aromatic rings. The van der Waals surface area contributed by atoms with Crippen LogP contribution in [0, 0.1) is 27.6 Å². The van der Waals surface area contributed by atoms with Crippen LogP contribution in [0.2, 0.25) is 0 Å². The maximum Gasteiger partial charge on any atom is 0.273 e. The fourth-order valence-electron chi connectivity index (χ4n) is 1.85. The van der Waals surface area contributed by atoms with Gasteiger partial charge in [0.05, 0.1) is 10.6 Å². The smallest absolute Gasteiger partial charge is 0.273 e. The summed E-state index contributed by atoms with van der Waals surface area (Å²) in [5.41, 5.74) is -1.04. The molecule has 0 amide bonds. The molecule has 0 aliphatic rings. The van der Waals surface area contributed by atoms with Crippen LogP contribution in [0.15, 0.2) is 36.4 Å². The Kier molecular flexibility index (Phi) is 4.55. The number of hydrogen-bond donors (Lipinski definition) is 1. The van der Waals surface area contributed by atoms with Gasteiger partial charge in [-0.15, -0.1) is 0 Å². The van der Waals surface area contributed by atoms with Crippen LogP contribution in [0.4, 0.5) is 24.5 Å². The standard InChI is InChI=1S/C13H9F3N2O4S/c14-10-5-9(6-11(15)13(10)16)17-23(21,22)7-8-3-1-2-4-12(8)18(19)20/h1-6,17H,7H2. The predicted octanol–water partition coefficient (Wildman–Crippen LogP) is 2.95. The summed E-state index contributed by atoms with van der Waals surface area (Å²) in [4.78, 5) is 10.1. The summed E-state index contributed by atoms with van der Waals surface area (Å²) in [5, 5.41) is 10.8. The zero-order valence-corrected chi connectivity index (χ0v) is 12.1. The van der Waals surface area contributed by atoms with Gasteiger partial charge in [0.1, 0.15) is 5.75 Å². The fraction of sp³-hybridized carbons (Fsp3) is 0.0769. The number of nitro benzene ring substituents is 1. The van der Waals surface area contributed by atoms with E-state index in [4.69, 9.17) is 0 Å². The first-order chi connectivity index (χ1) is 10.7. The van der Waals surface area contributed by atoms with Gasteiger partial charge in [0, 0.05) is 23.8 Å². The molecule has 23 heavy (non-hydrogen) atoms. The van der Waals surface area contributed by atoms with E-state index in [-0.39, 0.29) is 5.56 Å². The van der Waals surface area contributed by atoms with E-state index < -0.39 is 49.5 Å². The molecule has 0 saturated heterocycles. The summed E-state index contributed by atoms with van der Waals surface area (Å²) in [6.07, 6.45) is 0. The van der Waals surface area contributed by atoms with Crippen molar-refractivity contribution in [3.8, 4) is 0 Å². The second-order valence-corrected chi connectivity index (χ2v) is 6.22. The van der Waals surface area contributed by atoms with Crippen LogP contribution in [0.1, 0.15) is 5.56 Å². The Labute approximate surface area is 128 Å². The van der Waals surface area contributed by atoms with E-state index in [0.717, 1.165) is 6.07 Å². The van der Waals surface area contributed by atoms with Crippen molar-refractivity contribution >= 4 is 21.4 Å². The summed E-state index contributed by atoms with van der Waals surface area (Å²) in [6.45, 7) is 0. The Morgan fingerprint density at radius 1 is 1.09 bits per heavy atom. The lowest BCUT2D eigenvalue weighted by atomic mass is 10.2. The largest absolute Gasteiger partial charge is 0.283 e. The highest BCUT2D eigenvalue weighted by molar-refractivity contribution is 7.91. The van der Waals surface area contributed by atoms with Crippen LogP contribution in [0.5, 0.6) is 0 Å². The lowest BCUT2D eigenvalue weighted by Crippen LogP contribution is -2.16. The summed E-state index contributed by atoms with van der Waals surface area (Å²) in [5.74, 6) is -5.64. The van der Waals surface area contributed by atoms with Gasteiger partial charge in [-0.3, -0.25) is 14.8 Å². The first kappa shape index (κ1) is 16.7. The van der Waals surface area contributed by atoms with E-state index in [9.17, 15) is 31.7 Å². The van der Waals surface area contributed by atoms with Gasteiger partial charge in [-0.25, -0.2) is 21.6 Å². The molecule has 0 heterocycles. The molecule has 10 heteroatoms. The molecule has 1 N–H and O–H groups in total. The van der Waals surface area contributed by atoms with E-state index in [1.807, 2.05) is 4.72 Å². The maximum atomic E-state index is 13.1. The van der Waals surface area contributed by atoms with Gasteiger partial charge in [0.2, 0.25) is 10.0 Å². The van der Waals surface area contributed by atoms with Gasteiger partial charge in [-0.2, -0.15) is 0 Å². The molecule has 0 saturated carbocycles. The van der Waals surface area contributed by atoms with Crippen molar-refractivity contribution in [3.63, 3.8) is 0 Å². The Morgan fingerprint density at radius 2 is 1.65 bits per heavy atom. The third kappa shape index (κ3) is 3.97. The summed E-state index contributed by atoms with van der Waals surface area (Å²) in [7, 11) is -4.20. The number of rotatable bonds is 5. The van der Waals surface area contributed by atoms with Crippen LogP contribution >= 0.6 is 0 Å². The third-order valence-electron chi connectivity index (χ3n) is 2.79. The molecule has 0 unspecified atom stereocenters. The average Bonchev–Trinajstić information content (AvgIpc) is 2.44. The monoisotopic (exact) mass is 346 g/mol. The van der Waals surface area contributed by atoms with E-state index in [1.54, 1.807) is 0 Å². The van der Waals surface area contributed by atoms with Crippen molar-refractivity contribution in [1.29, 1.82) is 0 Å². The molecule has 0 fully saturated rings. The van der Waals surface area contributed by atoms with Crippen LogP contribution in [-0.4, -0.2) is 13.3 Å². The van der Waals surface area contributed by atoms with Gasteiger partial charge in [-0.1, -0.05) is 18.2 Å². The first-order valence-corrected chi connectivity index (χ1v) is 7.72. The number of para-hydroxylation sites is 1. The SMILES string of the molecule is O=[N+]([O-])c1ccccc1CS(=O)(=O)Nc1cc(F)c(F)c(F)c1. The Bertz CT molecular complexity index is 848. The maximum absolute atomic E-state index is 13.1. The molecule has 2 rings (SSSR count). The lowest BCUT2D eigenvalue weighted by molar-refractivity contribution is -0.385. The number of nitro groups is 1. The minimum absolute atomic E-state index is 0.104. The zero-order valence-electron chi connectivity index (χ0n) is 11.3. The minimum Gasteiger partial charge on any atom is -0.283 e. The summed E-state index contributed by atoms with van der Waals surface area (Å²) in [6, 6.07) is 6.08. The van der Waals surface area contributed by atoms with Crippen molar-refractivity contribution in [3.05, 3.63) is 69.5 Å². The number of nitrogens with one attached hydrogen (secondary N) is 1. The molecule has 0 radical (unpaired) electrons. The molecule has 2 aromatic carbocycles.